The van der Waals surface area contributed by atoms with E-state index in [1.54, 1.807) is 0 Å². The van der Waals surface area contributed by atoms with Gasteiger partial charge >= 0.3 is 0 Å². The summed E-state index contributed by atoms with van der Waals surface area (Å²) in [6.45, 7) is 8.05. The molecule has 1 atom stereocenters. The monoisotopic (exact) mass is 169 g/mol. The SMILES string of the molecule is C#CC(CC)(CO)NC(C)(C)C. The van der Waals surface area contributed by atoms with Gasteiger partial charge in [-0.3, -0.25) is 5.32 Å². The van der Waals surface area contributed by atoms with E-state index in [0.29, 0.717) is 0 Å². The topological polar surface area (TPSA) is 32.3 Å². The van der Waals surface area contributed by atoms with E-state index in [-0.39, 0.29) is 12.1 Å². The maximum absolute atomic E-state index is 9.13. The van der Waals surface area contributed by atoms with Crippen molar-refractivity contribution in [2.75, 3.05) is 6.61 Å². The summed E-state index contributed by atoms with van der Waals surface area (Å²) in [6.07, 6.45) is 6.10. The van der Waals surface area contributed by atoms with E-state index in [1.807, 2.05) is 27.7 Å². The second-order valence-electron chi connectivity index (χ2n) is 4.11. The van der Waals surface area contributed by atoms with Gasteiger partial charge in [0.05, 0.1) is 6.61 Å². The first-order valence-electron chi connectivity index (χ1n) is 4.27. The summed E-state index contributed by atoms with van der Waals surface area (Å²) >= 11 is 0. The smallest absolute Gasteiger partial charge is 0.103 e. The van der Waals surface area contributed by atoms with Gasteiger partial charge in [-0.05, 0) is 27.2 Å². The van der Waals surface area contributed by atoms with Crippen molar-refractivity contribution in [3.8, 4) is 12.3 Å². The van der Waals surface area contributed by atoms with Crippen LogP contribution < -0.4 is 5.32 Å². The van der Waals surface area contributed by atoms with Crippen molar-refractivity contribution in [1.82, 2.24) is 5.32 Å². The first-order chi connectivity index (χ1) is 5.39. The van der Waals surface area contributed by atoms with E-state index in [9.17, 15) is 0 Å². The summed E-state index contributed by atoms with van der Waals surface area (Å²) in [6, 6.07) is 0. The molecule has 0 aromatic rings. The van der Waals surface area contributed by atoms with Crippen molar-refractivity contribution in [1.29, 1.82) is 0 Å². The van der Waals surface area contributed by atoms with Crippen molar-refractivity contribution in [2.45, 2.75) is 45.2 Å². The van der Waals surface area contributed by atoms with E-state index in [4.69, 9.17) is 11.5 Å². The highest BCUT2D eigenvalue weighted by atomic mass is 16.3. The first-order valence-corrected chi connectivity index (χ1v) is 4.27. The van der Waals surface area contributed by atoms with Crippen molar-refractivity contribution in [3.63, 3.8) is 0 Å². The summed E-state index contributed by atoms with van der Waals surface area (Å²) in [5.74, 6) is 2.61. The van der Waals surface area contributed by atoms with Gasteiger partial charge in [-0.2, -0.15) is 0 Å². The van der Waals surface area contributed by atoms with Gasteiger partial charge in [0.2, 0.25) is 0 Å². The molecule has 0 amide bonds. The third kappa shape index (κ3) is 3.25. The Morgan fingerprint density at radius 2 is 1.92 bits per heavy atom. The molecule has 0 saturated carbocycles. The van der Waals surface area contributed by atoms with Crippen LogP contribution >= 0.6 is 0 Å². The molecule has 0 rings (SSSR count). The molecule has 1 unspecified atom stereocenters. The number of terminal acetylenes is 1. The van der Waals surface area contributed by atoms with Gasteiger partial charge in [0.1, 0.15) is 5.54 Å². The van der Waals surface area contributed by atoms with Gasteiger partial charge < -0.3 is 5.11 Å². The minimum Gasteiger partial charge on any atom is -0.393 e. The lowest BCUT2D eigenvalue weighted by atomic mass is 9.94. The standard InChI is InChI=1S/C10H19NO/c1-6-10(7-2,8-12)11-9(3,4)5/h1,11-12H,7-8H2,2-5H3. The molecule has 0 fully saturated rings. The predicted molar refractivity (Wildman–Crippen MR) is 51.8 cm³/mol. The second kappa shape index (κ2) is 3.93. The summed E-state index contributed by atoms with van der Waals surface area (Å²) in [5, 5.41) is 12.4. The minimum absolute atomic E-state index is 0.0166. The van der Waals surface area contributed by atoms with Gasteiger partial charge in [0.25, 0.3) is 0 Å². The number of aliphatic hydroxyl groups is 1. The molecule has 0 heterocycles. The van der Waals surface area contributed by atoms with Crippen molar-refractivity contribution < 1.29 is 5.11 Å². The Bertz CT molecular complexity index is 169. The quantitative estimate of drug-likeness (QED) is 0.621. The van der Waals surface area contributed by atoms with Crippen LogP contribution in [0, 0.1) is 12.3 Å². The molecule has 0 saturated heterocycles. The third-order valence-corrected chi connectivity index (χ3v) is 1.76. The molecule has 70 valence electrons. The molecule has 2 nitrogen and oxygen atoms in total. The van der Waals surface area contributed by atoms with Crippen LogP contribution in [-0.2, 0) is 0 Å². The normalized spacial score (nSPS) is 16.7. The summed E-state index contributed by atoms with van der Waals surface area (Å²) in [4.78, 5) is 0. The fourth-order valence-corrected chi connectivity index (χ4v) is 1.14. The van der Waals surface area contributed by atoms with Crippen LogP contribution in [0.5, 0.6) is 0 Å². The van der Waals surface area contributed by atoms with E-state index in [0.717, 1.165) is 6.42 Å². The zero-order valence-electron chi connectivity index (χ0n) is 8.44. The number of nitrogens with one attached hydrogen (secondary N) is 1. The molecule has 12 heavy (non-hydrogen) atoms. The zero-order valence-corrected chi connectivity index (χ0v) is 8.44. The summed E-state index contributed by atoms with van der Waals surface area (Å²) in [5.41, 5.74) is -0.622. The molecular weight excluding hydrogens is 150 g/mol. The lowest BCUT2D eigenvalue weighted by molar-refractivity contribution is 0.169. The van der Waals surface area contributed by atoms with Crippen LogP contribution in [0.1, 0.15) is 34.1 Å². The Hall–Kier alpha value is -0.520. The fourth-order valence-electron chi connectivity index (χ4n) is 1.14. The van der Waals surface area contributed by atoms with E-state index < -0.39 is 5.54 Å². The van der Waals surface area contributed by atoms with Crippen LogP contribution in [0.4, 0.5) is 0 Å². The van der Waals surface area contributed by atoms with Gasteiger partial charge in [-0.15, -0.1) is 6.42 Å². The minimum atomic E-state index is -0.557. The lowest BCUT2D eigenvalue weighted by Crippen LogP contribution is -2.55. The molecule has 0 spiro atoms. The molecule has 0 aromatic heterocycles. The fraction of sp³-hybridized carbons (Fsp3) is 0.800. The molecule has 2 N–H and O–H groups in total. The summed E-state index contributed by atoms with van der Waals surface area (Å²) in [7, 11) is 0. The number of hydrogen-bond acceptors (Lipinski definition) is 2. The largest absolute Gasteiger partial charge is 0.393 e. The summed E-state index contributed by atoms with van der Waals surface area (Å²) < 4.78 is 0. The van der Waals surface area contributed by atoms with Crippen LogP contribution in [0.3, 0.4) is 0 Å². The molecule has 0 aromatic carbocycles. The van der Waals surface area contributed by atoms with Crippen LogP contribution in [-0.4, -0.2) is 22.8 Å². The predicted octanol–water partition coefficient (Wildman–Crippen LogP) is 1.15. The maximum Gasteiger partial charge on any atom is 0.103 e. The van der Waals surface area contributed by atoms with Crippen LogP contribution in [0.2, 0.25) is 0 Å². The van der Waals surface area contributed by atoms with E-state index >= 15 is 0 Å². The van der Waals surface area contributed by atoms with Crippen molar-refractivity contribution in [2.24, 2.45) is 0 Å². The highest BCUT2D eigenvalue weighted by Crippen LogP contribution is 2.13. The Morgan fingerprint density at radius 3 is 2.00 bits per heavy atom. The Morgan fingerprint density at radius 1 is 1.42 bits per heavy atom. The highest BCUT2D eigenvalue weighted by Gasteiger charge is 2.28. The Labute approximate surface area is 75.4 Å². The highest BCUT2D eigenvalue weighted by molar-refractivity contribution is 5.14. The third-order valence-electron chi connectivity index (χ3n) is 1.76. The first kappa shape index (κ1) is 11.5. The lowest BCUT2D eigenvalue weighted by Gasteiger charge is -2.34. The number of hydrogen-bond donors (Lipinski definition) is 2. The zero-order chi connectivity index (χ0) is 9.83. The number of aliphatic hydroxyl groups excluding tert-OH is 1. The van der Waals surface area contributed by atoms with Gasteiger partial charge in [-0.25, -0.2) is 0 Å². The molecule has 0 aliphatic carbocycles. The average Bonchev–Trinajstić information content (AvgIpc) is 1.99. The average molecular weight is 169 g/mol. The Kier molecular flexibility index (Phi) is 3.76. The molecule has 2 heteroatoms. The van der Waals surface area contributed by atoms with Crippen LogP contribution in [0.15, 0.2) is 0 Å². The molecular formula is C10H19NO. The van der Waals surface area contributed by atoms with Gasteiger partial charge in [0, 0.05) is 5.54 Å². The molecule has 0 aliphatic rings. The van der Waals surface area contributed by atoms with Crippen molar-refractivity contribution >= 4 is 0 Å². The molecule has 0 aliphatic heterocycles. The van der Waals surface area contributed by atoms with Gasteiger partial charge in [0.15, 0.2) is 0 Å². The second-order valence-corrected chi connectivity index (χ2v) is 4.11. The number of rotatable bonds is 3. The molecule has 0 bridgehead atoms. The van der Waals surface area contributed by atoms with Gasteiger partial charge in [-0.1, -0.05) is 12.8 Å². The molecule has 0 radical (unpaired) electrons. The Balaban J connectivity index is 4.45. The van der Waals surface area contributed by atoms with Crippen molar-refractivity contribution in [3.05, 3.63) is 0 Å². The van der Waals surface area contributed by atoms with Crippen LogP contribution in [0.25, 0.3) is 0 Å². The van der Waals surface area contributed by atoms with E-state index in [1.165, 1.54) is 0 Å². The van der Waals surface area contributed by atoms with E-state index in [2.05, 4.69) is 11.2 Å². The maximum atomic E-state index is 9.13.